The number of allylic oxidation sites excluding steroid dienone is 1. The predicted octanol–water partition coefficient (Wildman–Crippen LogP) is 5.49. The molecule has 0 saturated heterocycles. The number of hydrogen-bond acceptors (Lipinski definition) is 2. The van der Waals surface area contributed by atoms with Crippen molar-refractivity contribution < 1.29 is 4.74 Å². The van der Waals surface area contributed by atoms with E-state index in [0.29, 0.717) is 5.57 Å². The van der Waals surface area contributed by atoms with Gasteiger partial charge in [-0.3, -0.25) is 0 Å². The Bertz CT molecular complexity index is 675. The molecular weight excluding hydrogens is 282 g/mol. The van der Waals surface area contributed by atoms with Gasteiger partial charge in [-0.05, 0) is 59.9 Å². The van der Waals surface area contributed by atoms with E-state index in [1.165, 1.54) is 24.8 Å². The highest BCUT2D eigenvalue weighted by Gasteiger charge is 2.02. The largest absolute Gasteiger partial charge is 0.497 e. The third kappa shape index (κ3) is 5.00. The van der Waals surface area contributed by atoms with E-state index in [1.54, 1.807) is 7.11 Å². The summed E-state index contributed by atoms with van der Waals surface area (Å²) in [6.45, 7) is 2.22. The van der Waals surface area contributed by atoms with Crippen LogP contribution in [0.25, 0.3) is 11.6 Å². The van der Waals surface area contributed by atoms with Gasteiger partial charge >= 0.3 is 0 Å². The van der Waals surface area contributed by atoms with Crippen LogP contribution in [0.2, 0.25) is 0 Å². The molecule has 118 valence electrons. The van der Waals surface area contributed by atoms with Gasteiger partial charge in [-0.1, -0.05) is 44.0 Å². The zero-order chi connectivity index (χ0) is 16.5. The standard InChI is InChI=1S/C21H23NO/c1-3-4-5-6-17-7-9-18(10-8-17)15-20(16-22)19-11-13-21(23-2)14-12-19/h7-15H,3-6H2,1-2H3/b20-15+. The van der Waals surface area contributed by atoms with Crippen LogP contribution in [0.4, 0.5) is 0 Å². The minimum atomic E-state index is 0.659. The molecule has 0 aromatic heterocycles. The van der Waals surface area contributed by atoms with Gasteiger partial charge in [0.15, 0.2) is 0 Å². The Morgan fingerprint density at radius 2 is 1.74 bits per heavy atom. The third-order valence-electron chi connectivity index (χ3n) is 3.88. The van der Waals surface area contributed by atoms with Gasteiger partial charge in [0.05, 0.1) is 18.8 Å². The maximum absolute atomic E-state index is 9.42. The fourth-order valence-electron chi connectivity index (χ4n) is 2.48. The maximum atomic E-state index is 9.42. The zero-order valence-electron chi connectivity index (χ0n) is 13.9. The first-order chi connectivity index (χ1) is 11.3. The number of methoxy groups -OCH3 is 1. The Morgan fingerprint density at radius 3 is 2.30 bits per heavy atom. The van der Waals surface area contributed by atoms with Crippen molar-refractivity contribution in [2.75, 3.05) is 7.11 Å². The second-order valence-corrected chi connectivity index (χ2v) is 5.60. The van der Waals surface area contributed by atoms with E-state index in [2.05, 4.69) is 37.3 Å². The topological polar surface area (TPSA) is 33.0 Å². The van der Waals surface area contributed by atoms with Crippen molar-refractivity contribution in [2.24, 2.45) is 0 Å². The van der Waals surface area contributed by atoms with Gasteiger partial charge in [-0.25, -0.2) is 0 Å². The summed E-state index contributed by atoms with van der Waals surface area (Å²) in [6.07, 6.45) is 6.81. The van der Waals surface area contributed by atoms with Gasteiger partial charge < -0.3 is 4.74 Å². The molecule has 23 heavy (non-hydrogen) atoms. The number of unbranched alkanes of at least 4 members (excludes halogenated alkanes) is 2. The molecule has 0 amide bonds. The van der Waals surface area contributed by atoms with Crippen molar-refractivity contribution in [3.05, 3.63) is 65.2 Å². The number of ether oxygens (including phenoxy) is 1. The monoisotopic (exact) mass is 305 g/mol. The molecule has 2 nitrogen and oxygen atoms in total. The third-order valence-corrected chi connectivity index (χ3v) is 3.88. The van der Waals surface area contributed by atoms with Crippen LogP contribution in [0.15, 0.2) is 48.5 Å². The summed E-state index contributed by atoms with van der Waals surface area (Å²) in [6, 6.07) is 18.3. The lowest BCUT2D eigenvalue weighted by molar-refractivity contribution is 0.415. The van der Waals surface area contributed by atoms with Crippen LogP contribution in [-0.2, 0) is 6.42 Å². The first-order valence-corrected chi connectivity index (χ1v) is 8.12. The van der Waals surface area contributed by atoms with Crippen molar-refractivity contribution in [3.8, 4) is 11.8 Å². The zero-order valence-corrected chi connectivity index (χ0v) is 13.9. The van der Waals surface area contributed by atoms with Crippen LogP contribution in [0.1, 0.15) is 42.9 Å². The van der Waals surface area contributed by atoms with E-state index >= 15 is 0 Å². The molecule has 0 atom stereocenters. The lowest BCUT2D eigenvalue weighted by atomic mass is 10.0. The summed E-state index contributed by atoms with van der Waals surface area (Å²) in [7, 11) is 1.64. The van der Waals surface area contributed by atoms with Crippen molar-refractivity contribution in [1.29, 1.82) is 5.26 Å². The maximum Gasteiger partial charge on any atom is 0.118 e. The average Bonchev–Trinajstić information content (AvgIpc) is 2.61. The first kappa shape index (κ1) is 16.8. The normalized spacial score (nSPS) is 11.1. The minimum absolute atomic E-state index is 0.659. The van der Waals surface area contributed by atoms with Crippen molar-refractivity contribution in [3.63, 3.8) is 0 Å². The smallest absolute Gasteiger partial charge is 0.118 e. The molecule has 0 radical (unpaired) electrons. The summed E-state index contributed by atoms with van der Waals surface area (Å²) >= 11 is 0. The quantitative estimate of drug-likeness (QED) is 0.385. The number of nitrogens with zero attached hydrogens (tertiary/aromatic N) is 1. The van der Waals surface area contributed by atoms with Gasteiger partial charge in [-0.15, -0.1) is 0 Å². The van der Waals surface area contributed by atoms with E-state index in [9.17, 15) is 5.26 Å². The first-order valence-electron chi connectivity index (χ1n) is 8.12. The fourth-order valence-corrected chi connectivity index (χ4v) is 2.48. The molecule has 0 bridgehead atoms. The molecule has 0 aliphatic carbocycles. The van der Waals surface area contributed by atoms with Crippen LogP contribution >= 0.6 is 0 Å². The van der Waals surface area contributed by atoms with Crippen LogP contribution in [0.3, 0.4) is 0 Å². The molecule has 2 aromatic rings. The summed E-state index contributed by atoms with van der Waals surface area (Å²) < 4.78 is 5.15. The summed E-state index contributed by atoms with van der Waals surface area (Å²) in [4.78, 5) is 0. The summed E-state index contributed by atoms with van der Waals surface area (Å²) in [5.41, 5.74) is 3.97. The number of rotatable bonds is 7. The van der Waals surface area contributed by atoms with Crippen LogP contribution in [0, 0.1) is 11.3 Å². The van der Waals surface area contributed by atoms with Gasteiger partial charge in [0.1, 0.15) is 5.75 Å². The van der Waals surface area contributed by atoms with E-state index in [4.69, 9.17) is 4.74 Å². The van der Waals surface area contributed by atoms with Gasteiger partial charge in [0, 0.05) is 0 Å². The highest BCUT2D eigenvalue weighted by Crippen LogP contribution is 2.21. The predicted molar refractivity (Wildman–Crippen MR) is 96.1 cm³/mol. The average molecular weight is 305 g/mol. The summed E-state index contributed by atoms with van der Waals surface area (Å²) in [5.74, 6) is 0.794. The molecule has 0 spiro atoms. The molecule has 0 N–H and O–H groups in total. The fraction of sp³-hybridized carbons (Fsp3) is 0.286. The highest BCUT2D eigenvalue weighted by atomic mass is 16.5. The Balaban J connectivity index is 2.12. The molecule has 2 aromatic carbocycles. The second-order valence-electron chi connectivity index (χ2n) is 5.60. The van der Waals surface area contributed by atoms with Gasteiger partial charge in [-0.2, -0.15) is 5.26 Å². The van der Waals surface area contributed by atoms with Crippen molar-refractivity contribution >= 4 is 11.6 Å². The molecule has 2 heteroatoms. The van der Waals surface area contributed by atoms with Gasteiger partial charge in [0.2, 0.25) is 0 Å². The van der Waals surface area contributed by atoms with Crippen LogP contribution in [0.5, 0.6) is 5.75 Å². The van der Waals surface area contributed by atoms with Crippen molar-refractivity contribution in [2.45, 2.75) is 32.6 Å². The second kappa shape index (κ2) is 8.80. The number of benzene rings is 2. The number of nitriles is 1. The Morgan fingerprint density at radius 1 is 1.04 bits per heavy atom. The van der Waals surface area contributed by atoms with E-state index in [0.717, 1.165) is 23.3 Å². The molecule has 0 saturated carbocycles. The minimum Gasteiger partial charge on any atom is -0.497 e. The van der Waals surface area contributed by atoms with Crippen molar-refractivity contribution in [1.82, 2.24) is 0 Å². The lowest BCUT2D eigenvalue weighted by Crippen LogP contribution is -1.87. The van der Waals surface area contributed by atoms with E-state index in [1.807, 2.05) is 30.3 Å². The molecule has 0 aliphatic heterocycles. The molecular formula is C21H23NO. The number of aryl methyl sites for hydroxylation is 1. The highest BCUT2D eigenvalue weighted by molar-refractivity contribution is 5.89. The molecule has 2 rings (SSSR count). The van der Waals surface area contributed by atoms with E-state index < -0.39 is 0 Å². The summed E-state index contributed by atoms with van der Waals surface area (Å²) in [5, 5.41) is 9.42. The van der Waals surface area contributed by atoms with E-state index in [-0.39, 0.29) is 0 Å². The van der Waals surface area contributed by atoms with Crippen LogP contribution < -0.4 is 4.74 Å². The Labute approximate surface area is 139 Å². The molecule has 0 unspecified atom stereocenters. The molecule has 0 aliphatic rings. The van der Waals surface area contributed by atoms with Gasteiger partial charge in [0.25, 0.3) is 0 Å². The Kier molecular flexibility index (Phi) is 6.44. The SMILES string of the molecule is CCCCCc1ccc(/C=C(\C#N)c2ccc(OC)cc2)cc1. The number of hydrogen-bond donors (Lipinski definition) is 0. The molecule has 0 heterocycles. The lowest BCUT2D eigenvalue weighted by Gasteiger charge is -2.04. The molecule has 0 fully saturated rings. The van der Waals surface area contributed by atoms with Crippen LogP contribution in [-0.4, -0.2) is 7.11 Å². The Hall–Kier alpha value is -2.53.